The maximum Gasteiger partial charge on any atom is 0.269 e. The van der Waals surface area contributed by atoms with E-state index in [0.717, 1.165) is 0 Å². The lowest BCUT2D eigenvalue weighted by molar-refractivity contribution is 0.0946. The number of hydrogen-bond donors (Lipinski definition) is 4. The van der Waals surface area contributed by atoms with Gasteiger partial charge < -0.3 is 15.4 Å². The van der Waals surface area contributed by atoms with Crippen LogP contribution >= 0.6 is 0 Å². The molecule has 0 aliphatic heterocycles. The Morgan fingerprint density at radius 3 is 2.52 bits per heavy atom. The molecule has 0 aliphatic rings. The van der Waals surface area contributed by atoms with Gasteiger partial charge in [-0.25, -0.2) is 10.8 Å². The van der Waals surface area contributed by atoms with Crippen molar-refractivity contribution in [1.29, 1.82) is 0 Å². The van der Waals surface area contributed by atoms with Crippen molar-refractivity contribution in [2.75, 3.05) is 19.5 Å². The number of rotatable bonds is 5. The number of ether oxygens (including phenoxy) is 1. The van der Waals surface area contributed by atoms with Gasteiger partial charge in [0.15, 0.2) is 5.75 Å². The lowest BCUT2D eigenvalue weighted by atomic mass is 10.1. The molecule has 1 aromatic heterocycles. The smallest absolute Gasteiger partial charge is 0.269 e. The van der Waals surface area contributed by atoms with Crippen LogP contribution in [0.25, 0.3) is 0 Å². The van der Waals surface area contributed by atoms with Gasteiger partial charge in [-0.3, -0.25) is 15.0 Å². The summed E-state index contributed by atoms with van der Waals surface area (Å²) in [7, 11) is 3.00. The van der Waals surface area contributed by atoms with Gasteiger partial charge >= 0.3 is 0 Å². The predicted molar refractivity (Wildman–Crippen MR) is 85.6 cm³/mol. The highest BCUT2D eigenvalue weighted by Gasteiger charge is 2.15. The van der Waals surface area contributed by atoms with Crippen LogP contribution in [0.15, 0.2) is 36.5 Å². The number of nitrogens with zero attached hydrogens (tertiary/aromatic N) is 1. The van der Waals surface area contributed by atoms with Crippen molar-refractivity contribution in [3.05, 3.63) is 47.7 Å². The maximum atomic E-state index is 11.7. The van der Waals surface area contributed by atoms with E-state index >= 15 is 0 Å². The normalized spacial score (nSPS) is 9.87. The van der Waals surface area contributed by atoms with Crippen LogP contribution in [0.3, 0.4) is 0 Å². The van der Waals surface area contributed by atoms with E-state index in [2.05, 4.69) is 21.0 Å². The molecule has 0 aliphatic carbocycles. The number of anilines is 2. The highest BCUT2D eigenvalue weighted by molar-refractivity contribution is 5.98. The summed E-state index contributed by atoms with van der Waals surface area (Å²) in [6.07, 6.45) is 1.45. The van der Waals surface area contributed by atoms with Crippen molar-refractivity contribution < 1.29 is 14.3 Å². The Labute approximate surface area is 133 Å². The first kappa shape index (κ1) is 16.2. The second-order valence-electron chi connectivity index (χ2n) is 4.50. The van der Waals surface area contributed by atoms with E-state index in [-0.39, 0.29) is 5.91 Å². The monoisotopic (exact) mass is 315 g/mol. The minimum atomic E-state index is -0.464. The first-order chi connectivity index (χ1) is 11.1. The van der Waals surface area contributed by atoms with Crippen LogP contribution in [0.4, 0.5) is 11.5 Å². The molecule has 0 radical (unpaired) electrons. The zero-order valence-corrected chi connectivity index (χ0v) is 12.7. The fourth-order valence-electron chi connectivity index (χ4n) is 2.00. The number of methoxy groups -OCH3 is 1. The van der Waals surface area contributed by atoms with Crippen molar-refractivity contribution in [2.24, 2.45) is 5.84 Å². The lowest BCUT2D eigenvalue weighted by Gasteiger charge is -2.14. The summed E-state index contributed by atoms with van der Waals surface area (Å²) in [6.45, 7) is 0. The molecule has 8 heteroatoms. The molecule has 1 aromatic carbocycles. The molecule has 120 valence electrons. The van der Waals surface area contributed by atoms with Crippen LogP contribution in [-0.2, 0) is 0 Å². The predicted octanol–water partition coefficient (Wildman–Crippen LogP) is 0.797. The molecular formula is C15H17N5O3. The van der Waals surface area contributed by atoms with Gasteiger partial charge in [-0.05, 0) is 24.3 Å². The van der Waals surface area contributed by atoms with Gasteiger partial charge in [-0.2, -0.15) is 0 Å². The van der Waals surface area contributed by atoms with Crippen molar-refractivity contribution in [2.45, 2.75) is 0 Å². The number of amides is 2. The van der Waals surface area contributed by atoms with Crippen molar-refractivity contribution in [1.82, 2.24) is 15.7 Å². The lowest BCUT2D eigenvalue weighted by Crippen LogP contribution is -2.30. The van der Waals surface area contributed by atoms with Crippen molar-refractivity contribution in [3.63, 3.8) is 0 Å². The maximum absolute atomic E-state index is 11.7. The number of nitrogens with one attached hydrogen (secondary N) is 3. The third kappa shape index (κ3) is 3.55. The molecule has 0 atom stereocenters. The molecule has 0 saturated heterocycles. The number of carbonyl (C=O) groups is 2. The number of benzene rings is 1. The number of nitrogens with two attached hydrogens (primary N) is 1. The Hall–Kier alpha value is -3.13. The summed E-state index contributed by atoms with van der Waals surface area (Å²) in [5.41, 5.74) is 3.36. The Kier molecular flexibility index (Phi) is 5.11. The topological polar surface area (TPSA) is 118 Å². The molecule has 8 nitrogen and oxygen atoms in total. The molecule has 1 heterocycles. The minimum Gasteiger partial charge on any atom is -0.494 e. The van der Waals surface area contributed by atoms with Crippen molar-refractivity contribution >= 4 is 23.3 Å². The zero-order valence-electron chi connectivity index (χ0n) is 12.7. The second kappa shape index (κ2) is 7.23. The highest BCUT2D eigenvalue weighted by atomic mass is 16.5. The third-order valence-corrected chi connectivity index (χ3v) is 3.11. The summed E-state index contributed by atoms with van der Waals surface area (Å²) in [5.74, 6) is 5.32. The highest BCUT2D eigenvalue weighted by Crippen LogP contribution is 2.30. The zero-order chi connectivity index (χ0) is 16.8. The van der Waals surface area contributed by atoms with E-state index < -0.39 is 5.91 Å². The summed E-state index contributed by atoms with van der Waals surface area (Å²) in [4.78, 5) is 27.4. The molecule has 0 saturated carbocycles. The number of para-hydroxylation sites is 1. The van der Waals surface area contributed by atoms with Crippen LogP contribution in [-0.4, -0.2) is 31.0 Å². The number of hydrogen-bond acceptors (Lipinski definition) is 6. The Bertz CT molecular complexity index is 716. The number of aromatic nitrogens is 1. The Morgan fingerprint density at radius 1 is 1.17 bits per heavy atom. The standard InChI is InChI=1S/C15H17N5O3/c1-17-14(21)9-6-7-12(18-8-9)19-11-5-3-4-10(13(11)23-2)15(22)20-16/h3-8H,16H2,1-2H3,(H,17,21)(H,18,19)(H,20,22). The minimum absolute atomic E-state index is 0.219. The van der Waals surface area contributed by atoms with Crippen LogP contribution in [0.5, 0.6) is 5.75 Å². The van der Waals surface area contributed by atoms with Gasteiger partial charge in [-0.1, -0.05) is 6.07 Å². The van der Waals surface area contributed by atoms with Gasteiger partial charge in [0.05, 0.1) is 23.9 Å². The van der Waals surface area contributed by atoms with Gasteiger partial charge in [0.2, 0.25) is 0 Å². The number of carbonyl (C=O) groups excluding carboxylic acids is 2. The number of hydrazine groups is 1. The average molecular weight is 315 g/mol. The Morgan fingerprint density at radius 2 is 1.96 bits per heavy atom. The quantitative estimate of drug-likeness (QED) is 0.368. The fraction of sp³-hybridized carbons (Fsp3) is 0.133. The van der Waals surface area contributed by atoms with Crippen LogP contribution in [0, 0.1) is 0 Å². The number of pyridine rings is 1. The van der Waals surface area contributed by atoms with Gasteiger partial charge in [0.1, 0.15) is 5.82 Å². The SMILES string of the molecule is CNC(=O)c1ccc(Nc2cccc(C(=O)NN)c2OC)nc1. The average Bonchev–Trinajstić information content (AvgIpc) is 2.60. The second-order valence-corrected chi connectivity index (χ2v) is 4.50. The first-order valence-electron chi connectivity index (χ1n) is 6.73. The molecule has 0 unspecified atom stereocenters. The van der Waals surface area contributed by atoms with E-state index in [4.69, 9.17) is 10.6 Å². The molecule has 2 amide bonds. The summed E-state index contributed by atoms with van der Waals surface area (Å²) in [6, 6.07) is 8.31. The molecule has 2 rings (SSSR count). The van der Waals surface area contributed by atoms with E-state index in [0.29, 0.717) is 28.4 Å². The van der Waals surface area contributed by atoms with Gasteiger partial charge in [0, 0.05) is 13.2 Å². The molecule has 0 spiro atoms. The van der Waals surface area contributed by atoms with Crippen LogP contribution < -0.4 is 26.6 Å². The van der Waals surface area contributed by atoms with Gasteiger partial charge in [0.25, 0.3) is 11.8 Å². The summed E-state index contributed by atoms with van der Waals surface area (Å²) >= 11 is 0. The molecule has 0 fully saturated rings. The van der Waals surface area contributed by atoms with E-state index in [1.54, 1.807) is 37.4 Å². The third-order valence-electron chi connectivity index (χ3n) is 3.11. The van der Waals surface area contributed by atoms with Gasteiger partial charge in [-0.15, -0.1) is 0 Å². The van der Waals surface area contributed by atoms with Crippen LogP contribution in [0.1, 0.15) is 20.7 Å². The largest absolute Gasteiger partial charge is 0.494 e. The van der Waals surface area contributed by atoms with E-state index in [9.17, 15) is 9.59 Å². The fourth-order valence-corrected chi connectivity index (χ4v) is 2.00. The molecule has 2 aromatic rings. The van der Waals surface area contributed by atoms with E-state index in [1.807, 2.05) is 0 Å². The first-order valence-corrected chi connectivity index (χ1v) is 6.73. The number of nitrogen functional groups attached to an aromatic ring is 1. The van der Waals surface area contributed by atoms with Crippen LogP contribution in [0.2, 0.25) is 0 Å². The Balaban J connectivity index is 2.29. The summed E-state index contributed by atoms with van der Waals surface area (Å²) < 4.78 is 5.28. The van der Waals surface area contributed by atoms with Crippen molar-refractivity contribution in [3.8, 4) is 5.75 Å². The molecule has 5 N–H and O–H groups in total. The van der Waals surface area contributed by atoms with E-state index in [1.165, 1.54) is 13.3 Å². The molecular weight excluding hydrogens is 298 g/mol. The summed E-state index contributed by atoms with van der Waals surface area (Å²) in [5, 5.41) is 5.56. The molecule has 23 heavy (non-hydrogen) atoms. The molecule has 0 bridgehead atoms.